The van der Waals surface area contributed by atoms with Gasteiger partial charge in [-0.2, -0.15) is 11.8 Å². The number of hydrogen-bond acceptors (Lipinski definition) is 4. The minimum Gasteiger partial charge on any atom is -0.310 e. The highest BCUT2D eigenvalue weighted by molar-refractivity contribution is 7.99. The van der Waals surface area contributed by atoms with Crippen LogP contribution in [0, 0.1) is 5.92 Å². The van der Waals surface area contributed by atoms with Crippen LogP contribution in [-0.4, -0.2) is 23.0 Å². The molecule has 2 nitrogen and oxygen atoms in total. The summed E-state index contributed by atoms with van der Waals surface area (Å²) >= 11 is 3.88. The first-order chi connectivity index (χ1) is 8.42. The smallest absolute Gasteiger partial charge is 0.108 e. The van der Waals surface area contributed by atoms with E-state index in [1.807, 2.05) is 0 Å². The topological polar surface area (TPSA) is 24.9 Å². The fraction of sp³-hybridized carbons (Fsp3) is 0.462. The molecule has 0 radical (unpaired) electrons. The molecule has 1 aromatic carbocycles. The van der Waals surface area contributed by atoms with Crippen LogP contribution in [0.15, 0.2) is 24.3 Å². The molecule has 1 aliphatic rings. The van der Waals surface area contributed by atoms with Gasteiger partial charge in [0.1, 0.15) is 5.01 Å². The van der Waals surface area contributed by atoms with Gasteiger partial charge in [0.2, 0.25) is 0 Å². The first-order valence-corrected chi connectivity index (χ1v) is 8.02. The van der Waals surface area contributed by atoms with Crippen molar-refractivity contribution in [3.63, 3.8) is 0 Å². The second-order valence-corrected chi connectivity index (χ2v) is 6.70. The van der Waals surface area contributed by atoms with Gasteiger partial charge >= 0.3 is 0 Å². The number of hydrogen-bond donors (Lipinski definition) is 1. The lowest BCUT2D eigenvalue weighted by molar-refractivity contribution is 0.523. The number of benzene rings is 1. The number of para-hydroxylation sites is 1. The lowest BCUT2D eigenvalue weighted by atomic mass is 10.1. The van der Waals surface area contributed by atoms with Gasteiger partial charge in [-0.3, -0.25) is 0 Å². The van der Waals surface area contributed by atoms with Gasteiger partial charge in [-0.05, 0) is 42.5 Å². The maximum Gasteiger partial charge on any atom is 0.108 e. The summed E-state index contributed by atoms with van der Waals surface area (Å²) in [6.45, 7) is 2.06. The molecule has 0 saturated carbocycles. The molecule has 3 rings (SSSR count). The lowest BCUT2D eigenvalue weighted by Crippen LogP contribution is -2.22. The predicted octanol–water partition coefficient (Wildman–Crippen LogP) is 3.14. The van der Waals surface area contributed by atoms with Crippen LogP contribution in [0.2, 0.25) is 0 Å². The molecule has 1 fully saturated rings. The molecule has 17 heavy (non-hydrogen) atoms. The molecule has 1 aliphatic heterocycles. The van der Waals surface area contributed by atoms with Crippen LogP contribution in [0.5, 0.6) is 0 Å². The van der Waals surface area contributed by atoms with Crippen LogP contribution in [0.25, 0.3) is 10.2 Å². The molecule has 0 amide bonds. The van der Waals surface area contributed by atoms with E-state index in [1.165, 1.54) is 27.6 Å². The Labute approximate surface area is 110 Å². The number of aromatic nitrogens is 1. The van der Waals surface area contributed by atoms with Gasteiger partial charge < -0.3 is 5.32 Å². The van der Waals surface area contributed by atoms with E-state index >= 15 is 0 Å². The fourth-order valence-corrected chi connectivity index (χ4v) is 4.34. The molecule has 1 N–H and O–H groups in total. The summed E-state index contributed by atoms with van der Waals surface area (Å²) in [5, 5.41) is 4.74. The summed E-state index contributed by atoms with van der Waals surface area (Å²) in [4.78, 5) is 4.63. The number of rotatable bonds is 4. The maximum atomic E-state index is 4.63. The molecule has 1 unspecified atom stereocenters. The van der Waals surface area contributed by atoms with Gasteiger partial charge in [0.05, 0.1) is 10.2 Å². The van der Waals surface area contributed by atoms with Crippen molar-refractivity contribution < 1.29 is 0 Å². The van der Waals surface area contributed by atoms with Gasteiger partial charge in [0.25, 0.3) is 0 Å². The summed E-state index contributed by atoms with van der Waals surface area (Å²) < 4.78 is 1.29. The maximum absolute atomic E-state index is 4.63. The van der Waals surface area contributed by atoms with Crippen LogP contribution in [-0.2, 0) is 6.54 Å². The van der Waals surface area contributed by atoms with Gasteiger partial charge in [-0.15, -0.1) is 11.3 Å². The molecule has 1 aromatic heterocycles. The second kappa shape index (κ2) is 5.38. The molecule has 90 valence electrons. The first kappa shape index (κ1) is 11.5. The van der Waals surface area contributed by atoms with E-state index in [1.54, 1.807) is 11.3 Å². The Kier molecular flexibility index (Phi) is 3.64. The van der Waals surface area contributed by atoms with Crippen LogP contribution >= 0.6 is 23.1 Å². The highest BCUT2D eigenvalue weighted by Gasteiger charge is 2.14. The van der Waals surface area contributed by atoms with Crippen LogP contribution < -0.4 is 5.32 Å². The standard InChI is InChI=1S/C13H16N2S2/c1-2-4-12-11(3-1)15-13(17-12)8-14-7-10-5-6-16-9-10/h1-4,10,14H,5-9H2. The normalized spacial score (nSPS) is 20.1. The summed E-state index contributed by atoms with van der Waals surface area (Å²) in [6.07, 6.45) is 1.37. The molecular formula is C13H16N2S2. The Morgan fingerprint density at radius 2 is 2.29 bits per heavy atom. The predicted molar refractivity (Wildman–Crippen MR) is 76.8 cm³/mol. The van der Waals surface area contributed by atoms with Crippen molar-refractivity contribution in [3.8, 4) is 0 Å². The Bertz CT molecular complexity index is 456. The zero-order valence-electron chi connectivity index (χ0n) is 9.69. The average Bonchev–Trinajstić information content (AvgIpc) is 2.96. The Balaban J connectivity index is 1.57. The quantitative estimate of drug-likeness (QED) is 0.918. The Morgan fingerprint density at radius 1 is 1.35 bits per heavy atom. The van der Waals surface area contributed by atoms with E-state index in [-0.39, 0.29) is 0 Å². The van der Waals surface area contributed by atoms with E-state index in [9.17, 15) is 0 Å². The zero-order valence-corrected chi connectivity index (χ0v) is 11.3. The van der Waals surface area contributed by atoms with Crippen molar-refractivity contribution in [2.75, 3.05) is 18.1 Å². The lowest BCUT2D eigenvalue weighted by Gasteiger charge is -2.07. The summed E-state index contributed by atoms with van der Waals surface area (Å²) in [5.41, 5.74) is 1.13. The van der Waals surface area contributed by atoms with Crippen molar-refractivity contribution in [1.82, 2.24) is 10.3 Å². The largest absolute Gasteiger partial charge is 0.310 e. The van der Waals surface area contributed by atoms with Gasteiger partial charge in [0.15, 0.2) is 0 Å². The van der Waals surface area contributed by atoms with E-state index in [0.717, 1.165) is 24.5 Å². The summed E-state index contributed by atoms with van der Waals surface area (Å²) in [5.74, 6) is 3.54. The number of thiazole rings is 1. The highest BCUT2D eigenvalue weighted by Crippen LogP contribution is 2.23. The number of fused-ring (bicyclic) bond motifs is 1. The minimum atomic E-state index is 0.870. The third kappa shape index (κ3) is 2.81. The molecular weight excluding hydrogens is 248 g/mol. The number of nitrogens with zero attached hydrogens (tertiary/aromatic N) is 1. The van der Waals surface area contributed by atoms with Crippen LogP contribution in [0.3, 0.4) is 0 Å². The van der Waals surface area contributed by atoms with Crippen molar-refractivity contribution >= 4 is 33.3 Å². The van der Waals surface area contributed by atoms with Crippen LogP contribution in [0.1, 0.15) is 11.4 Å². The molecule has 4 heteroatoms. The molecule has 0 aliphatic carbocycles. The number of nitrogens with one attached hydrogen (secondary N) is 1. The molecule has 2 heterocycles. The van der Waals surface area contributed by atoms with Crippen molar-refractivity contribution in [2.24, 2.45) is 5.92 Å². The van der Waals surface area contributed by atoms with Crippen molar-refractivity contribution in [2.45, 2.75) is 13.0 Å². The SMILES string of the molecule is c1ccc2sc(CNCC3CCSC3)nc2c1. The molecule has 0 bridgehead atoms. The van der Waals surface area contributed by atoms with Gasteiger partial charge in [-0.1, -0.05) is 12.1 Å². The van der Waals surface area contributed by atoms with Gasteiger partial charge in [-0.25, -0.2) is 4.98 Å². The third-order valence-corrected chi connectivity index (χ3v) is 5.34. The van der Waals surface area contributed by atoms with E-state index in [0.29, 0.717) is 0 Å². The third-order valence-electron chi connectivity index (χ3n) is 3.07. The summed E-state index contributed by atoms with van der Waals surface area (Å²) in [6, 6.07) is 8.36. The van der Waals surface area contributed by atoms with Crippen molar-refractivity contribution in [3.05, 3.63) is 29.3 Å². The summed E-state index contributed by atoms with van der Waals surface area (Å²) in [7, 11) is 0. The van der Waals surface area contributed by atoms with E-state index in [2.05, 4.69) is 46.3 Å². The van der Waals surface area contributed by atoms with E-state index in [4.69, 9.17) is 0 Å². The average molecular weight is 264 g/mol. The van der Waals surface area contributed by atoms with Crippen LogP contribution in [0.4, 0.5) is 0 Å². The minimum absolute atomic E-state index is 0.870. The van der Waals surface area contributed by atoms with E-state index < -0.39 is 0 Å². The molecule has 0 spiro atoms. The van der Waals surface area contributed by atoms with Crippen molar-refractivity contribution in [1.29, 1.82) is 0 Å². The Hall–Kier alpha value is -0.580. The highest BCUT2D eigenvalue weighted by atomic mass is 32.2. The second-order valence-electron chi connectivity index (χ2n) is 4.44. The fourth-order valence-electron chi connectivity index (χ4n) is 2.12. The first-order valence-electron chi connectivity index (χ1n) is 6.05. The molecule has 1 atom stereocenters. The zero-order chi connectivity index (χ0) is 11.5. The van der Waals surface area contributed by atoms with Gasteiger partial charge in [0, 0.05) is 6.54 Å². The monoisotopic (exact) mass is 264 g/mol. The number of thioether (sulfide) groups is 1. The molecule has 2 aromatic rings. The molecule has 1 saturated heterocycles. The Morgan fingerprint density at radius 3 is 3.12 bits per heavy atom.